The van der Waals surface area contributed by atoms with Gasteiger partial charge in [0.25, 0.3) is 0 Å². The molecule has 1 rings (SSSR count). The molecule has 1 aromatic rings. The van der Waals surface area contributed by atoms with Crippen molar-refractivity contribution in [3.05, 3.63) is 22.4 Å². The second kappa shape index (κ2) is 8.68. The van der Waals surface area contributed by atoms with Crippen LogP contribution in [0.2, 0.25) is 0 Å². The summed E-state index contributed by atoms with van der Waals surface area (Å²) in [4.78, 5) is 4.00. The Morgan fingerprint density at radius 1 is 1.33 bits per heavy atom. The average Bonchev–Trinajstić information content (AvgIpc) is 2.88. The van der Waals surface area contributed by atoms with E-state index in [0.717, 1.165) is 25.6 Å². The number of hydrogen-bond acceptors (Lipinski definition) is 3. The topological polar surface area (TPSA) is 15.3 Å². The van der Waals surface area contributed by atoms with Crippen LogP contribution >= 0.6 is 11.3 Å². The molecule has 1 N–H and O–H groups in total. The molecule has 2 atom stereocenters. The van der Waals surface area contributed by atoms with Crippen molar-refractivity contribution in [2.75, 3.05) is 19.6 Å². The summed E-state index contributed by atoms with van der Waals surface area (Å²) >= 11 is 1.83. The highest BCUT2D eigenvalue weighted by atomic mass is 32.1. The van der Waals surface area contributed by atoms with E-state index in [-0.39, 0.29) is 0 Å². The minimum absolute atomic E-state index is 0.615. The molecule has 0 saturated heterocycles. The molecular formula is C15H28N2S. The lowest BCUT2D eigenvalue weighted by molar-refractivity contribution is 0.185. The van der Waals surface area contributed by atoms with E-state index in [0.29, 0.717) is 6.04 Å². The van der Waals surface area contributed by atoms with E-state index in [1.54, 1.807) is 0 Å². The minimum atomic E-state index is 0.615. The Kier molecular flexibility index (Phi) is 7.56. The third-order valence-electron chi connectivity index (χ3n) is 3.59. The monoisotopic (exact) mass is 268 g/mol. The zero-order valence-corrected chi connectivity index (χ0v) is 13.1. The van der Waals surface area contributed by atoms with Gasteiger partial charge in [0.2, 0.25) is 0 Å². The van der Waals surface area contributed by atoms with Gasteiger partial charge in [0.1, 0.15) is 0 Å². The van der Waals surface area contributed by atoms with Gasteiger partial charge in [-0.15, -0.1) is 11.3 Å². The van der Waals surface area contributed by atoms with Crippen LogP contribution in [0.15, 0.2) is 17.5 Å². The van der Waals surface area contributed by atoms with Gasteiger partial charge in [-0.25, -0.2) is 0 Å². The summed E-state index contributed by atoms with van der Waals surface area (Å²) in [5.41, 5.74) is 0. The first-order chi connectivity index (χ1) is 8.67. The van der Waals surface area contributed by atoms with Crippen molar-refractivity contribution in [3.8, 4) is 0 Å². The number of likely N-dealkylation sites (N-methyl/N-ethyl adjacent to an activating group) is 1. The highest BCUT2D eigenvalue weighted by Gasteiger charge is 2.13. The zero-order valence-electron chi connectivity index (χ0n) is 12.3. The zero-order chi connectivity index (χ0) is 13.4. The summed E-state index contributed by atoms with van der Waals surface area (Å²) in [6.07, 6.45) is 1.27. The molecule has 18 heavy (non-hydrogen) atoms. The molecular weight excluding hydrogens is 240 g/mol. The van der Waals surface area contributed by atoms with Gasteiger partial charge >= 0.3 is 0 Å². The third-order valence-corrected chi connectivity index (χ3v) is 4.47. The van der Waals surface area contributed by atoms with Crippen LogP contribution < -0.4 is 5.32 Å². The lowest BCUT2D eigenvalue weighted by Crippen LogP contribution is -2.42. The fourth-order valence-corrected chi connectivity index (χ4v) is 2.77. The van der Waals surface area contributed by atoms with Gasteiger partial charge in [-0.05, 0) is 30.8 Å². The summed E-state index contributed by atoms with van der Waals surface area (Å²) in [6.45, 7) is 13.6. The molecule has 0 radical (unpaired) electrons. The predicted octanol–water partition coefficient (Wildman–Crippen LogP) is 3.59. The number of nitrogens with one attached hydrogen (secondary N) is 1. The smallest absolute Gasteiger partial charge is 0.0300 e. The Morgan fingerprint density at radius 3 is 2.67 bits per heavy atom. The third kappa shape index (κ3) is 5.51. The van der Waals surface area contributed by atoms with Gasteiger partial charge in [-0.2, -0.15) is 0 Å². The Labute approximate surface area is 116 Å². The average molecular weight is 268 g/mol. The lowest BCUT2D eigenvalue weighted by atomic mass is 10.1. The summed E-state index contributed by atoms with van der Waals surface area (Å²) in [7, 11) is 0. The van der Waals surface area contributed by atoms with Gasteiger partial charge in [0, 0.05) is 30.6 Å². The highest BCUT2D eigenvalue weighted by molar-refractivity contribution is 7.09. The fourth-order valence-electron chi connectivity index (χ4n) is 2.10. The molecule has 0 aliphatic carbocycles. The second-order valence-corrected chi connectivity index (χ2v) is 6.19. The molecule has 1 aromatic heterocycles. The summed E-state index contributed by atoms with van der Waals surface area (Å²) in [6, 6.07) is 4.93. The molecule has 2 unspecified atom stereocenters. The van der Waals surface area contributed by atoms with Crippen molar-refractivity contribution in [2.24, 2.45) is 5.92 Å². The van der Waals surface area contributed by atoms with Crippen molar-refractivity contribution < 1.29 is 0 Å². The van der Waals surface area contributed by atoms with Gasteiger partial charge in [-0.1, -0.05) is 33.3 Å². The second-order valence-electron chi connectivity index (χ2n) is 5.16. The van der Waals surface area contributed by atoms with Crippen molar-refractivity contribution in [3.63, 3.8) is 0 Å². The van der Waals surface area contributed by atoms with Crippen LogP contribution in [0.4, 0.5) is 0 Å². The first-order valence-electron chi connectivity index (χ1n) is 7.14. The van der Waals surface area contributed by atoms with E-state index < -0.39 is 0 Å². The van der Waals surface area contributed by atoms with Crippen molar-refractivity contribution in [1.29, 1.82) is 0 Å². The maximum atomic E-state index is 3.56. The van der Waals surface area contributed by atoms with Crippen LogP contribution in [-0.2, 0) is 6.54 Å². The molecule has 0 fully saturated rings. The molecule has 104 valence electrons. The fraction of sp³-hybridized carbons (Fsp3) is 0.733. The van der Waals surface area contributed by atoms with E-state index >= 15 is 0 Å². The maximum absolute atomic E-state index is 3.56. The van der Waals surface area contributed by atoms with E-state index in [2.05, 4.69) is 55.4 Å². The van der Waals surface area contributed by atoms with E-state index in [4.69, 9.17) is 0 Å². The van der Waals surface area contributed by atoms with Crippen LogP contribution in [0.25, 0.3) is 0 Å². The Morgan fingerprint density at radius 2 is 2.11 bits per heavy atom. The normalized spacial score (nSPS) is 14.9. The van der Waals surface area contributed by atoms with Gasteiger partial charge in [0.15, 0.2) is 0 Å². The largest absolute Gasteiger partial charge is 0.310 e. The molecule has 0 aliphatic rings. The Balaban J connectivity index is 2.26. The molecule has 0 aliphatic heterocycles. The molecule has 0 amide bonds. The quantitative estimate of drug-likeness (QED) is 0.736. The van der Waals surface area contributed by atoms with Gasteiger partial charge in [-0.3, -0.25) is 4.90 Å². The summed E-state index contributed by atoms with van der Waals surface area (Å²) in [5.74, 6) is 0.796. The number of rotatable bonds is 9. The van der Waals surface area contributed by atoms with Crippen LogP contribution in [0.5, 0.6) is 0 Å². The summed E-state index contributed by atoms with van der Waals surface area (Å²) < 4.78 is 0. The molecule has 1 heterocycles. The molecule has 2 nitrogen and oxygen atoms in total. The number of hydrogen-bond donors (Lipinski definition) is 1. The predicted molar refractivity (Wildman–Crippen MR) is 82.2 cm³/mol. The van der Waals surface area contributed by atoms with Gasteiger partial charge < -0.3 is 5.32 Å². The molecule has 0 bridgehead atoms. The highest BCUT2D eigenvalue weighted by Crippen LogP contribution is 2.09. The van der Waals surface area contributed by atoms with Gasteiger partial charge in [0.05, 0.1) is 0 Å². The number of thiophene rings is 1. The molecule has 0 aromatic carbocycles. The Bertz CT molecular complexity index is 297. The maximum Gasteiger partial charge on any atom is 0.0300 e. The van der Waals surface area contributed by atoms with Crippen LogP contribution in [0, 0.1) is 5.92 Å². The van der Waals surface area contributed by atoms with Crippen LogP contribution in [0.1, 0.15) is 39.0 Å². The lowest BCUT2D eigenvalue weighted by Gasteiger charge is -2.30. The van der Waals surface area contributed by atoms with Crippen molar-refractivity contribution in [1.82, 2.24) is 10.2 Å². The van der Waals surface area contributed by atoms with E-state index in [1.165, 1.54) is 17.8 Å². The number of nitrogens with zero attached hydrogens (tertiary/aromatic N) is 1. The molecule has 0 saturated carbocycles. The minimum Gasteiger partial charge on any atom is -0.310 e. The standard InChI is InChI=1S/C15H28N2S/c1-5-13(3)12-17(6-2)14(4)10-16-11-15-8-7-9-18-15/h7-9,13-14,16H,5-6,10-12H2,1-4H3. The SMILES string of the molecule is CCC(C)CN(CC)C(C)CNCc1cccs1. The molecule has 3 heteroatoms. The van der Waals surface area contributed by atoms with Crippen molar-refractivity contribution >= 4 is 11.3 Å². The first-order valence-corrected chi connectivity index (χ1v) is 8.02. The van der Waals surface area contributed by atoms with E-state index in [9.17, 15) is 0 Å². The Hall–Kier alpha value is -0.380. The first kappa shape index (κ1) is 15.7. The van der Waals surface area contributed by atoms with Crippen molar-refractivity contribution in [2.45, 2.75) is 46.7 Å². The van der Waals surface area contributed by atoms with Crippen LogP contribution in [0.3, 0.4) is 0 Å². The van der Waals surface area contributed by atoms with E-state index in [1.807, 2.05) is 11.3 Å². The van der Waals surface area contributed by atoms with Crippen LogP contribution in [-0.4, -0.2) is 30.6 Å². The summed E-state index contributed by atoms with van der Waals surface area (Å²) in [5, 5.41) is 5.70. The molecule has 0 spiro atoms.